The van der Waals surface area contributed by atoms with E-state index in [-0.39, 0.29) is 25.8 Å². The van der Waals surface area contributed by atoms with Gasteiger partial charge in [0.05, 0.1) is 34.4 Å². The number of phosphoric acid groups is 1. The molecule has 0 N–H and O–H groups in total. The standard InChI is InChI=1S/C42H84NO7P/c1-6-8-10-12-14-16-18-19-20-21-22-23-24-26-28-30-32-34-37-47-39-41(40-49-51(45,46)48-38-36-43(3,4)5)50-42(44)35-33-31-29-27-25-17-15-13-11-9-7-2/h13,15,41H,6-12,14,16-40H2,1-5H3/b15-13-. The van der Waals surface area contributed by atoms with Gasteiger partial charge in [0, 0.05) is 13.0 Å². The number of hydrogen-bond acceptors (Lipinski definition) is 7. The summed E-state index contributed by atoms with van der Waals surface area (Å²) < 4.78 is 34.5. The van der Waals surface area contributed by atoms with Gasteiger partial charge in [0.1, 0.15) is 19.3 Å². The molecule has 8 nitrogen and oxygen atoms in total. The first-order valence-electron chi connectivity index (χ1n) is 21.4. The van der Waals surface area contributed by atoms with Crippen molar-refractivity contribution in [2.75, 3.05) is 54.1 Å². The Morgan fingerprint density at radius 1 is 0.588 bits per heavy atom. The minimum atomic E-state index is -4.52. The van der Waals surface area contributed by atoms with Gasteiger partial charge in [-0.3, -0.25) is 9.36 Å². The molecular weight excluding hydrogens is 661 g/mol. The van der Waals surface area contributed by atoms with Gasteiger partial charge >= 0.3 is 5.97 Å². The fourth-order valence-electron chi connectivity index (χ4n) is 5.94. The highest BCUT2D eigenvalue weighted by molar-refractivity contribution is 7.45. The molecule has 0 aliphatic heterocycles. The van der Waals surface area contributed by atoms with Crippen LogP contribution in [0.2, 0.25) is 0 Å². The maximum absolute atomic E-state index is 12.6. The van der Waals surface area contributed by atoms with Crippen LogP contribution in [0.4, 0.5) is 0 Å². The summed E-state index contributed by atoms with van der Waals surface area (Å²) in [7, 11) is 1.36. The first kappa shape index (κ1) is 50.2. The molecular formula is C42H84NO7P. The molecule has 0 amide bonds. The molecule has 0 aromatic carbocycles. The van der Waals surface area contributed by atoms with Crippen molar-refractivity contribution in [3.8, 4) is 0 Å². The topological polar surface area (TPSA) is 94.1 Å². The largest absolute Gasteiger partial charge is 0.756 e. The lowest BCUT2D eigenvalue weighted by molar-refractivity contribution is -0.870. The Hall–Kier alpha value is -0.760. The number of phosphoric ester groups is 1. The van der Waals surface area contributed by atoms with Crippen molar-refractivity contribution in [2.45, 2.75) is 200 Å². The highest BCUT2D eigenvalue weighted by atomic mass is 31.2. The van der Waals surface area contributed by atoms with Crippen LogP contribution in [0.5, 0.6) is 0 Å². The van der Waals surface area contributed by atoms with E-state index in [1.165, 1.54) is 128 Å². The Kier molecular flexibility index (Phi) is 35.7. The number of unbranched alkanes of at least 4 members (excludes halogenated alkanes) is 24. The Labute approximate surface area is 316 Å². The molecule has 2 unspecified atom stereocenters. The minimum Gasteiger partial charge on any atom is -0.756 e. The van der Waals surface area contributed by atoms with Gasteiger partial charge < -0.3 is 27.9 Å². The molecule has 0 aliphatic carbocycles. The summed E-state index contributed by atoms with van der Waals surface area (Å²) >= 11 is 0. The van der Waals surface area contributed by atoms with E-state index in [1.807, 2.05) is 21.1 Å². The van der Waals surface area contributed by atoms with E-state index in [9.17, 15) is 14.3 Å². The first-order chi connectivity index (χ1) is 24.6. The van der Waals surface area contributed by atoms with Gasteiger partial charge in [0.15, 0.2) is 0 Å². The van der Waals surface area contributed by atoms with Crippen molar-refractivity contribution in [1.29, 1.82) is 0 Å². The first-order valence-corrected chi connectivity index (χ1v) is 22.9. The highest BCUT2D eigenvalue weighted by Crippen LogP contribution is 2.38. The van der Waals surface area contributed by atoms with Gasteiger partial charge in [-0.1, -0.05) is 167 Å². The lowest BCUT2D eigenvalue weighted by Gasteiger charge is -2.28. The number of nitrogens with zero attached hydrogens (tertiary/aromatic N) is 1. The van der Waals surface area contributed by atoms with Crippen molar-refractivity contribution in [1.82, 2.24) is 0 Å². The zero-order valence-electron chi connectivity index (χ0n) is 34.3. The molecule has 0 saturated carbocycles. The molecule has 0 aromatic rings. The number of allylic oxidation sites excluding steroid dienone is 2. The summed E-state index contributed by atoms with van der Waals surface area (Å²) in [5, 5.41) is 0. The maximum Gasteiger partial charge on any atom is 0.306 e. The van der Waals surface area contributed by atoms with Crippen molar-refractivity contribution in [2.24, 2.45) is 0 Å². The summed E-state index contributed by atoms with van der Waals surface area (Å²) in [6.07, 6.45) is 37.9. The Morgan fingerprint density at radius 3 is 1.55 bits per heavy atom. The lowest BCUT2D eigenvalue weighted by Crippen LogP contribution is -2.37. The van der Waals surface area contributed by atoms with Crippen LogP contribution in [0.15, 0.2) is 12.2 Å². The van der Waals surface area contributed by atoms with Crippen LogP contribution in [-0.2, 0) is 27.9 Å². The number of carbonyl (C=O) groups is 1. The second-order valence-electron chi connectivity index (χ2n) is 15.7. The monoisotopic (exact) mass is 746 g/mol. The van der Waals surface area contributed by atoms with E-state index in [2.05, 4.69) is 26.0 Å². The minimum absolute atomic E-state index is 0.0275. The highest BCUT2D eigenvalue weighted by Gasteiger charge is 2.20. The number of rotatable bonds is 40. The quantitative estimate of drug-likeness (QED) is 0.0203. The predicted octanol–water partition coefficient (Wildman–Crippen LogP) is 11.6. The van der Waals surface area contributed by atoms with Crippen LogP contribution < -0.4 is 4.89 Å². The maximum atomic E-state index is 12.6. The molecule has 0 saturated heterocycles. The number of likely N-dealkylation sites (N-methyl/N-ethyl adjacent to an activating group) is 1. The fourth-order valence-corrected chi connectivity index (χ4v) is 6.67. The molecule has 0 heterocycles. The van der Waals surface area contributed by atoms with Crippen LogP contribution in [0.25, 0.3) is 0 Å². The second-order valence-corrected chi connectivity index (χ2v) is 17.1. The SMILES string of the molecule is CCCC/C=C\CCCCCCCC(=O)OC(COCCCCCCCCCCCCCCCCCCCC)COP(=O)([O-])OCC[N+](C)(C)C. The van der Waals surface area contributed by atoms with Gasteiger partial charge in [-0.05, 0) is 32.1 Å². The third kappa shape index (κ3) is 40.3. The van der Waals surface area contributed by atoms with E-state index in [0.29, 0.717) is 24.1 Å². The molecule has 0 bridgehead atoms. The average Bonchev–Trinajstić information content (AvgIpc) is 3.08. The summed E-state index contributed by atoms with van der Waals surface area (Å²) in [5.41, 5.74) is 0. The van der Waals surface area contributed by atoms with Crippen LogP contribution in [0.3, 0.4) is 0 Å². The molecule has 0 radical (unpaired) electrons. The fraction of sp³-hybridized carbons (Fsp3) is 0.929. The number of esters is 1. The third-order valence-corrected chi connectivity index (χ3v) is 10.3. The van der Waals surface area contributed by atoms with E-state index in [1.54, 1.807) is 0 Å². The van der Waals surface area contributed by atoms with E-state index in [0.717, 1.165) is 44.9 Å². The predicted molar refractivity (Wildman–Crippen MR) is 213 cm³/mol. The summed E-state index contributed by atoms with van der Waals surface area (Å²) in [6, 6.07) is 0. The molecule has 51 heavy (non-hydrogen) atoms. The number of carbonyl (C=O) groups excluding carboxylic acids is 1. The third-order valence-electron chi connectivity index (χ3n) is 9.32. The Morgan fingerprint density at radius 2 is 1.04 bits per heavy atom. The molecule has 0 aliphatic rings. The Bertz CT molecular complexity index is 833. The van der Waals surface area contributed by atoms with Gasteiger partial charge in [0.2, 0.25) is 0 Å². The van der Waals surface area contributed by atoms with Crippen molar-refractivity contribution in [3.05, 3.63) is 12.2 Å². The van der Waals surface area contributed by atoms with Crippen molar-refractivity contribution < 1.29 is 37.3 Å². The normalized spacial score (nSPS) is 13.9. The number of ether oxygens (including phenoxy) is 2. The van der Waals surface area contributed by atoms with Gasteiger partial charge in [0.25, 0.3) is 7.82 Å². The molecule has 2 atom stereocenters. The zero-order valence-corrected chi connectivity index (χ0v) is 35.2. The van der Waals surface area contributed by atoms with Crippen molar-refractivity contribution >= 4 is 13.8 Å². The smallest absolute Gasteiger partial charge is 0.306 e. The molecule has 0 spiro atoms. The van der Waals surface area contributed by atoms with Gasteiger partial charge in [-0.25, -0.2) is 0 Å². The van der Waals surface area contributed by atoms with Crippen LogP contribution in [-0.4, -0.2) is 70.7 Å². The van der Waals surface area contributed by atoms with E-state index < -0.39 is 13.9 Å². The molecule has 0 rings (SSSR count). The number of quaternary nitrogens is 1. The Balaban J connectivity index is 4.16. The van der Waals surface area contributed by atoms with Gasteiger partial charge in [-0.2, -0.15) is 0 Å². The molecule has 9 heteroatoms. The van der Waals surface area contributed by atoms with E-state index >= 15 is 0 Å². The molecule has 0 fully saturated rings. The summed E-state index contributed by atoms with van der Waals surface area (Å²) in [6.45, 7) is 5.39. The summed E-state index contributed by atoms with van der Waals surface area (Å²) in [5.74, 6) is -0.342. The van der Waals surface area contributed by atoms with Gasteiger partial charge in [-0.15, -0.1) is 0 Å². The molecule has 0 aromatic heterocycles. The zero-order chi connectivity index (χ0) is 37.7. The van der Waals surface area contributed by atoms with Crippen molar-refractivity contribution in [3.63, 3.8) is 0 Å². The second kappa shape index (κ2) is 36.2. The lowest BCUT2D eigenvalue weighted by atomic mass is 10.0. The van der Waals surface area contributed by atoms with E-state index in [4.69, 9.17) is 18.5 Å². The summed E-state index contributed by atoms with van der Waals surface area (Å²) in [4.78, 5) is 24.9. The number of hydrogen-bond donors (Lipinski definition) is 0. The molecule has 304 valence electrons. The van der Waals surface area contributed by atoms with Crippen LogP contribution >= 0.6 is 7.82 Å². The van der Waals surface area contributed by atoms with Crippen LogP contribution in [0, 0.1) is 0 Å². The average molecular weight is 746 g/mol. The van der Waals surface area contributed by atoms with Crippen LogP contribution in [0.1, 0.15) is 194 Å².